The zero-order chi connectivity index (χ0) is 14.4. The molecule has 1 saturated heterocycles. The largest absolute Gasteiger partial charge is 0.469 e. The quantitative estimate of drug-likeness (QED) is 0.838. The number of ether oxygens (including phenoxy) is 1. The van der Waals surface area contributed by atoms with Crippen LogP contribution in [0.3, 0.4) is 0 Å². The molecule has 0 radical (unpaired) electrons. The number of aliphatic hydroxyl groups is 1. The van der Waals surface area contributed by atoms with Crippen LogP contribution in [-0.4, -0.2) is 42.3 Å². The minimum atomic E-state index is -0.174. The fourth-order valence-electron chi connectivity index (χ4n) is 3.01. The van der Waals surface area contributed by atoms with Gasteiger partial charge in [-0.3, -0.25) is 9.69 Å². The molecule has 0 unspecified atom stereocenters. The summed E-state index contributed by atoms with van der Waals surface area (Å²) in [6, 6.07) is 10.1. The predicted molar refractivity (Wildman–Crippen MR) is 77.2 cm³/mol. The maximum atomic E-state index is 11.6. The normalized spacial score (nSPS) is 21.4. The molecule has 110 valence electrons. The molecule has 1 heterocycles. The Morgan fingerprint density at radius 1 is 1.40 bits per heavy atom. The number of carbonyl (C=O) groups excluding carboxylic acids is 1. The topological polar surface area (TPSA) is 49.8 Å². The van der Waals surface area contributed by atoms with Gasteiger partial charge in [0.25, 0.3) is 0 Å². The van der Waals surface area contributed by atoms with Crippen molar-refractivity contribution in [1.29, 1.82) is 0 Å². The summed E-state index contributed by atoms with van der Waals surface area (Å²) in [6.07, 6.45) is 3.63. The molecule has 1 N–H and O–H groups in total. The minimum Gasteiger partial charge on any atom is -0.469 e. The van der Waals surface area contributed by atoms with E-state index in [1.54, 1.807) is 0 Å². The number of carbonyl (C=O) groups is 1. The molecule has 0 saturated carbocycles. The first-order chi connectivity index (χ1) is 9.76. The number of aliphatic hydroxyl groups excluding tert-OH is 1. The molecule has 4 nitrogen and oxygen atoms in total. The Bertz CT molecular complexity index is 421. The van der Waals surface area contributed by atoms with Crippen molar-refractivity contribution in [3.05, 3.63) is 35.9 Å². The Labute approximate surface area is 120 Å². The lowest BCUT2D eigenvalue weighted by Crippen LogP contribution is -2.44. The molecule has 1 aromatic rings. The van der Waals surface area contributed by atoms with E-state index in [4.69, 9.17) is 4.74 Å². The Morgan fingerprint density at radius 2 is 2.15 bits per heavy atom. The highest BCUT2D eigenvalue weighted by atomic mass is 16.5. The van der Waals surface area contributed by atoms with Crippen LogP contribution in [0.4, 0.5) is 0 Å². The van der Waals surface area contributed by atoms with Crippen LogP contribution in [0.5, 0.6) is 0 Å². The number of piperidine rings is 1. The highest BCUT2D eigenvalue weighted by molar-refractivity contribution is 5.69. The molecule has 2 rings (SSSR count). The zero-order valence-corrected chi connectivity index (χ0v) is 12.0. The van der Waals surface area contributed by atoms with Crippen LogP contribution in [0.25, 0.3) is 0 Å². The number of nitrogens with zero attached hydrogens (tertiary/aromatic N) is 1. The molecule has 1 aliphatic heterocycles. The van der Waals surface area contributed by atoms with E-state index in [9.17, 15) is 9.90 Å². The number of esters is 1. The van der Waals surface area contributed by atoms with E-state index >= 15 is 0 Å². The third kappa shape index (κ3) is 3.58. The Balaban J connectivity index is 2.14. The van der Waals surface area contributed by atoms with Gasteiger partial charge in [-0.1, -0.05) is 36.8 Å². The maximum Gasteiger partial charge on any atom is 0.307 e. The molecule has 1 aromatic carbocycles. The van der Waals surface area contributed by atoms with Crippen molar-refractivity contribution in [3.63, 3.8) is 0 Å². The first kappa shape index (κ1) is 15.0. The highest BCUT2D eigenvalue weighted by Crippen LogP contribution is 2.30. The van der Waals surface area contributed by atoms with Crippen molar-refractivity contribution in [2.24, 2.45) is 0 Å². The average Bonchev–Trinajstić information content (AvgIpc) is 2.50. The first-order valence-corrected chi connectivity index (χ1v) is 7.24. The summed E-state index contributed by atoms with van der Waals surface area (Å²) in [7, 11) is 1.43. The van der Waals surface area contributed by atoms with Crippen LogP contribution >= 0.6 is 0 Å². The molecule has 0 spiro atoms. The molecule has 20 heavy (non-hydrogen) atoms. The monoisotopic (exact) mass is 277 g/mol. The van der Waals surface area contributed by atoms with Crippen molar-refractivity contribution in [3.8, 4) is 0 Å². The van der Waals surface area contributed by atoms with Gasteiger partial charge < -0.3 is 9.84 Å². The minimum absolute atomic E-state index is 0.0360. The van der Waals surface area contributed by atoms with Crippen LogP contribution in [0.15, 0.2) is 30.3 Å². The second-order valence-electron chi connectivity index (χ2n) is 5.28. The van der Waals surface area contributed by atoms with E-state index in [2.05, 4.69) is 4.90 Å². The molecule has 1 fully saturated rings. The number of likely N-dealkylation sites (tertiary alicyclic amines) is 1. The molecule has 0 aromatic heterocycles. The van der Waals surface area contributed by atoms with Gasteiger partial charge in [0.1, 0.15) is 0 Å². The van der Waals surface area contributed by atoms with Crippen LogP contribution in [0.2, 0.25) is 0 Å². The van der Waals surface area contributed by atoms with E-state index < -0.39 is 0 Å². The second-order valence-corrected chi connectivity index (χ2v) is 5.28. The van der Waals surface area contributed by atoms with Crippen molar-refractivity contribution in [2.45, 2.75) is 37.8 Å². The zero-order valence-electron chi connectivity index (χ0n) is 12.0. The third-order valence-electron chi connectivity index (χ3n) is 4.06. The molecular formula is C16H23NO3. The summed E-state index contributed by atoms with van der Waals surface area (Å²) in [5.74, 6) is -0.174. The Kier molecular flexibility index (Phi) is 5.56. The van der Waals surface area contributed by atoms with Gasteiger partial charge in [-0.05, 0) is 24.9 Å². The van der Waals surface area contributed by atoms with Gasteiger partial charge in [-0.15, -0.1) is 0 Å². The molecular weight excluding hydrogens is 254 g/mol. The van der Waals surface area contributed by atoms with Gasteiger partial charge in [0.2, 0.25) is 0 Å². The van der Waals surface area contributed by atoms with Gasteiger partial charge >= 0.3 is 5.97 Å². The number of rotatable bonds is 5. The highest BCUT2D eigenvalue weighted by Gasteiger charge is 2.31. The lowest BCUT2D eigenvalue weighted by molar-refractivity contribution is -0.142. The summed E-state index contributed by atoms with van der Waals surface area (Å²) in [6.45, 7) is 0.990. The van der Waals surface area contributed by atoms with E-state index in [1.807, 2.05) is 30.3 Å². The smallest absolute Gasteiger partial charge is 0.307 e. The lowest BCUT2D eigenvalue weighted by Gasteiger charge is -2.40. The van der Waals surface area contributed by atoms with Crippen molar-refractivity contribution in [2.75, 3.05) is 20.3 Å². The van der Waals surface area contributed by atoms with Gasteiger partial charge in [-0.25, -0.2) is 0 Å². The maximum absolute atomic E-state index is 11.6. The van der Waals surface area contributed by atoms with Gasteiger partial charge in [0.15, 0.2) is 0 Å². The van der Waals surface area contributed by atoms with Gasteiger partial charge in [0, 0.05) is 6.04 Å². The molecule has 0 amide bonds. The van der Waals surface area contributed by atoms with Crippen LogP contribution < -0.4 is 0 Å². The van der Waals surface area contributed by atoms with E-state index in [1.165, 1.54) is 7.11 Å². The Hall–Kier alpha value is -1.39. The molecule has 2 atom stereocenters. The summed E-state index contributed by atoms with van der Waals surface area (Å²) < 4.78 is 4.79. The van der Waals surface area contributed by atoms with Crippen molar-refractivity contribution in [1.82, 2.24) is 4.90 Å². The Morgan fingerprint density at radius 3 is 2.80 bits per heavy atom. The van der Waals surface area contributed by atoms with E-state index in [-0.39, 0.29) is 24.7 Å². The summed E-state index contributed by atoms with van der Waals surface area (Å²) in [5, 5.41) is 9.78. The third-order valence-corrected chi connectivity index (χ3v) is 4.06. The number of hydrogen-bond donors (Lipinski definition) is 1. The number of benzene rings is 1. The summed E-state index contributed by atoms with van der Waals surface area (Å²) >= 11 is 0. The number of methoxy groups -OCH3 is 1. The van der Waals surface area contributed by atoms with Crippen LogP contribution in [-0.2, 0) is 9.53 Å². The number of hydrogen-bond acceptors (Lipinski definition) is 4. The van der Waals surface area contributed by atoms with Crippen LogP contribution in [0.1, 0.15) is 37.3 Å². The van der Waals surface area contributed by atoms with Gasteiger partial charge in [-0.2, -0.15) is 0 Å². The molecule has 0 bridgehead atoms. The fourth-order valence-corrected chi connectivity index (χ4v) is 3.01. The fraction of sp³-hybridized carbons (Fsp3) is 0.562. The lowest BCUT2D eigenvalue weighted by atomic mass is 9.94. The molecule has 4 heteroatoms. The average molecular weight is 277 g/mol. The van der Waals surface area contributed by atoms with Crippen molar-refractivity contribution < 1.29 is 14.6 Å². The van der Waals surface area contributed by atoms with E-state index in [0.29, 0.717) is 6.42 Å². The summed E-state index contributed by atoms with van der Waals surface area (Å²) in [5.41, 5.74) is 1.10. The molecule has 0 aliphatic carbocycles. The summed E-state index contributed by atoms with van der Waals surface area (Å²) in [4.78, 5) is 13.8. The second kappa shape index (κ2) is 7.41. The van der Waals surface area contributed by atoms with Gasteiger partial charge in [0.05, 0.1) is 26.2 Å². The van der Waals surface area contributed by atoms with Crippen LogP contribution in [0, 0.1) is 0 Å². The van der Waals surface area contributed by atoms with E-state index in [0.717, 1.165) is 31.4 Å². The predicted octanol–water partition coefficient (Wildman–Crippen LogP) is 2.14. The molecule has 1 aliphatic rings. The first-order valence-electron chi connectivity index (χ1n) is 7.24. The standard InChI is InChI=1S/C16H23NO3/c1-20-16(19)11-14-9-5-6-10-17(14)15(12-18)13-7-3-2-4-8-13/h2-4,7-8,14-15,18H,5-6,9-12H2,1H3/t14-,15+/m0/s1. The van der Waals surface area contributed by atoms with Crippen molar-refractivity contribution >= 4 is 5.97 Å². The SMILES string of the molecule is COC(=O)C[C@@H]1CCCCN1[C@H](CO)c1ccccc1.